The Kier molecular flexibility index (Phi) is 4.15. The van der Waals surface area contributed by atoms with E-state index < -0.39 is 35.9 Å². The van der Waals surface area contributed by atoms with Gasteiger partial charge in [-0.1, -0.05) is 12.2 Å². The number of hydrogen-bond acceptors (Lipinski definition) is 4. The minimum Gasteiger partial charge on any atom is -0.454 e. The largest absolute Gasteiger partial charge is 0.454 e. The Morgan fingerprint density at radius 3 is 2.17 bits per heavy atom. The van der Waals surface area contributed by atoms with Gasteiger partial charge in [-0.25, -0.2) is 0 Å². The SMILES string of the molecule is CC(=O)O[C@@H]1C=CC=C(C(F)(F)F)[C@@H]1OC(C)=O. The molecule has 0 spiro atoms. The topological polar surface area (TPSA) is 52.6 Å². The summed E-state index contributed by atoms with van der Waals surface area (Å²) in [5.74, 6) is -1.65. The van der Waals surface area contributed by atoms with E-state index in [-0.39, 0.29) is 0 Å². The van der Waals surface area contributed by atoms with Crippen molar-refractivity contribution in [3.8, 4) is 0 Å². The van der Waals surface area contributed by atoms with E-state index >= 15 is 0 Å². The van der Waals surface area contributed by atoms with Crippen LogP contribution in [0.4, 0.5) is 13.2 Å². The molecule has 0 radical (unpaired) electrons. The third kappa shape index (κ3) is 3.61. The summed E-state index contributed by atoms with van der Waals surface area (Å²) in [6, 6.07) is 0. The molecule has 0 saturated carbocycles. The first-order valence-corrected chi connectivity index (χ1v) is 5.02. The molecule has 0 aliphatic heterocycles. The van der Waals surface area contributed by atoms with Crippen molar-refractivity contribution >= 4 is 11.9 Å². The lowest BCUT2D eigenvalue weighted by Crippen LogP contribution is -2.40. The number of rotatable bonds is 2. The Morgan fingerprint density at radius 1 is 1.17 bits per heavy atom. The van der Waals surface area contributed by atoms with Crippen LogP contribution in [0.2, 0.25) is 0 Å². The summed E-state index contributed by atoms with van der Waals surface area (Å²) in [5, 5.41) is 0. The number of carbonyl (C=O) groups excluding carboxylic acids is 2. The lowest BCUT2D eigenvalue weighted by molar-refractivity contribution is -0.166. The number of alkyl halides is 3. The van der Waals surface area contributed by atoms with Gasteiger partial charge in [0.15, 0.2) is 12.2 Å². The molecule has 0 amide bonds. The van der Waals surface area contributed by atoms with E-state index in [1.807, 2.05) is 0 Å². The average molecular weight is 264 g/mol. The summed E-state index contributed by atoms with van der Waals surface area (Å²) in [6.07, 6.45) is -4.48. The van der Waals surface area contributed by atoms with Gasteiger partial charge < -0.3 is 9.47 Å². The van der Waals surface area contributed by atoms with Crippen molar-refractivity contribution in [2.45, 2.75) is 32.2 Å². The van der Waals surface area contributed by atoms with E-state index in [4.69, 9.17) is 0 Å². The molecule has 0 N–H and O–H groups in total. The average Bonchev–Trinajstić information content (AvgIpc) is 2.17. The molecule has 100 valence electrons. The summed E-state index contributed by atoms with van der Waals surface area (Å²) in [6.45, 7) is 2.04. The van der Waals surface area contributed by atoms with Crippen molar-refractivity contribution in [1.29, 1.82) is 0 Å². The van der Waals surface area contributed by atoms with Crippen LogP contribution in [0, 0.1) is 0 Å². The van der Waals surface area contributed by atoms with Crippen LogP contribution in [0.1, 0.15) is 13.8 Å². The van der Waals surface area contributed by atoms with Crippen LogP contribution < -0.4 is 0 Å². The van der Waals surface area contributed by atoms with E-state index in [1.165, 1.54) is 6.08 Å². The fourth-order valence-corrected chi connectivity index (χ4v) is 1.50. The highest BCUT2D eigenvalue weighted by Gasteiger charge is 2.45. The quantitative estimate of drug-likeness (QED) is 0.715. The van der Waals surface area contributed by atoms with Crippen molar-refractivity contribution < 1.29 is 32.2 Å². The van der Waals surface area contributed by atoms with Crippen LogP contribution in [0.5, 0.6) is 0 Å². The maximum atomic E-state index is 12.7. The molecular formula is C11H11F3O4. The Balaban J connectivity index is 3.02. The molecule has 0 saturated heterocycles. The summed E-state index contributed by atoms with van der Waals surface area (Å²) >= 11 is 0. The van der Waals surface area contributed by atoms with Crippen LogP contribution in [0.3, 0.4) is 0 Å². The molecule has 1 aliphatic carbocycles. The molecule has 1 rings (SSSR count). The minimum absolute atomic E-state index is 0.759. The van der Waals surface area contributed by atoms with Gasteiger partial charge >= 0.3 is 18.1 Å². The maximum absolute atomic E-state index is 12.7. The van der Waals surface area contributed by atoms with Gasteiger partial charge in [0.2, 0.25) is 0 Å². The van der Waals surface area contributed by atoms with Gasteiger partial charge in [-0.15, -0.1) is 0 Å². The molecule has 4 nitrogen and oxygen atoms in total. The van der Waals surface area contributed by atoms with Crippen LogP contribution in [-0.4, -0.2) is 30.3 Å². The zero-order chi connectivity index (χ0) is 13.9. The Bertz CT molecular complexity index is 409. The molecule has 0 bridgehead atoms. The summed E-state index contributed by atoms with van der Waals surface area (Å²) in [4.78, 5) is 21.6. The van der Waals surface area contributed by atoms with Gasteiger partial charge in [0.05, 0.1) is 5.57 Å². The number of ether oxygens (including phenoxy) is 2. The Morgan fingerprint density at radius 2 is 1.72 bits per heavy atom. The predicted molar refractivity (Wildman–Crippen MR) is 54.4 cm³/mol. The first-order chi connectivity index (χ1) is 8.21. The highest BCUT2D eigenvalue weighted by atomic mass is 19.4. The lowest BCUT2D eigenvalue weighted by Gasteiger charge is -2.29. The van der Waals surface area contributed by atoms with Crippen molar-refractivity contribution in [1.82, 2.24) is 0 Å². The van der Waals surface area contributed by atoms with Gasteiger partial charge in [0, 0.05) is 13.8 Å². The van der Waals surface area contributed by atoms with Crippen LogP contribution in [-0.2, 0) is 19.1 Å². The number of hydrogen-bond donors (Lipinski definition) is 0. The summed E-state index contributed by atoms with van der Waals surface area (Å²) in [5.41, 5.74) is -1.06. The molecule has 0 aromatic rings. The van der Waals surface area contributed by atoms with Crippen LogP contribution in [0.15, 0.2) is 23.8 Å². The molecule has 7 heteroatoms. The monoisotopic (exact) mass is 264 g/mol. The highest BCUT2D eigenvalue weighted by molar-refractivity contribution is 5.68. The van der Waals surface area contributed by atoms with Crippen molar-refractivity contribution in [3.05, 3.63) is 23.8 Å². The summed E-state index contributed by atoms with van der Waals surface area (Å²) < 4.78 is 47.4. The van der Waals surface area contributed by atoms with Crippen molar-refractivity contribution in [2.75, 3.05) is 0 Å². The molecule has 0 unspecified atom stereocenters. The second kappa shape index (κ2) is 5.24. The molecule has 18 heavy (non-hydrogen) atoms. The van der Waals surface area contributed by atoms with E-state index in [1.54, 1.807) is 0 Å². The third-order valence-electron chi connectivity index (χ3n) is 2.10. The molecule has 0 aromatic carbocycles. The fourth-order valence-electron chi connectivity index (χ4n) is 1.50. The number of carbonyl (C=O) groups is 2. The molecule has 0 heterocycles. The number of esters is 2. The molecule has 1 aliphatic rings. The minimum atomic E-state index is -4.66. The second-order valence-corrected chi connectivity index (χ2v) is 3.61. The maximum Gasteiger partial charge on any atom is 0.416 e. The Hall–Kier alpha value is -1.79. The molecule has 0 aromatic heterocycles. The van der Waals surface area contributed by atoms with E-state index in [0.29, 0.717) is 0 Å². The van der Waals surface area contributed by atoms with Gasteiger partial charge in [0.1, 0.15) is 0 Å². The third-order valence-corrected chi connectivity index (χ3v) is 2.10. The fraction of sp³-hybridized carbons (Fsp3) is 0.455. The number of allylic oxidation sites excluding steroid dienone is 2. The van der Waals surface area contributed by atoms with Crippen molar-refractivity contribution in [3.63, 3.8) is 0 Å². The first kappa shape index (κ1) is 14.3. The summed E-state index contributed by atoms with van der Waals surface area (Å²) in [7, 11) is 0. The van der Waals surface area contributed by atoms with E-state index in [9.17, 15) is 22.8 Å². The smallest absolute Gasteiger partial charge is 0.416 e. The van der Waals surface area contributed by atoms with Gasteiger partial charge in [-0.2, -0.15) is 13.2 Å². The zero-order valence-electron chi connectivity index (χ0n) is 9.65. The van der Waals surface area contributed by atoms with E-state index in [0.717, 1.165) is 26.0 Å². The Labute approximate surface area is 101 Å². The number of halogens is 3. The molecule has 0 fully saturated rings. The van der Waals surface area contributed by atoms with Crippen molar-refractivity contribution in [2.24, 2.45) is 0 Å². The standard InChI is InChI=1S/C11H11F3O4/c1-6(15)17-9-5-3-4-8(11(12,13)14)10(9)18-7(2)16/h3-5,9-10H,1-2H3/t9-,10+/m1/s1. The zero-order valence-corrected chi connectivity index (χ0v) is 9.65. The predicted octanol–water partition coefficient (Wildman–Crippen LogP) is 1.91. The lowest BCUT2D eigenvalue weighted by atomic mass is 9.98. The normalized spacial score (nSPS) is 23.3. The molecular weight excluding hydrogens is 253 g/mol. The van der Waals surface area contributed by atoms with Crippen LogP contribution in [0.25, 0.3) is 0 Å². The molecule has 2 atom stereocenters. The van der Waals surface area contributed by atoms with Gasteiger partial charge in [0.25, 0.3) is 0 Å². The first-order valence-electron chi connectivity index (χ1n) is 5.02. The second-order valence-electron chi connectivity index (χ2n) is 3.61. The van der Waals surface area contributed by atoms with E-state index in [2.05, 4.69) is 9.47 Å². The van der Waals surface area contributed by atoms with Gasteiger partial charge in [-0.05, 0) is 6.08 Å². The highest BCUT2D eigenvalue weighted by Crippen LogP contribution is 2.34. The van der Waals surface area contributed by atoms with Crippen LogP contribution >= 0.6 is 0 Å². The van der Waals surface area contributed by atoms with Gasteiger partial charge in [-0.3, -0.25) is 9.59 Å².